The summed E-state index contributed by atoms with van der Waals surface area (Å²) in [6, 6.07) is 12.9. The van der Waals surface area contributed by atoms with Crippen LogP contribution in [0.1, 0.15) is 37.6 Å². The van der Waals surface area contributed by atoms with E-state index in [4.69, 9.17) is 16.3 Å². The van der Waals surface area contributed by atoms with Crippen LogP contribution < -0.4 is 10.1 Å². The highest BCUT2D eigenvalue weighted by molar-refractivity contribution is 6.30. The fourth-order valence-electron chi connectivity index (χ4n) is 4.49. The van der Waals surface area contributed by atoms with Gasteiger partial charge in [0.2, 0.25) is 5.91 Å². The largest absolute Gasteiger partial charge is 0.481 e. The number of likely N-dealkylation sites (tertiary alicyclic amines) is 1. The Kier molecular flexibility index (Phi) is 6.19. The Bertz CT molecular complexity index is 972. The maximum atomic E-state index is 12.8. The first-order valence-electron chi connectivity index (χ1n) is 10.8. The number of nitrogens with zero attached hydrogens (tertiary/aromatic N) is 2. The molecule has 2 aliphatic rings. The quantitative estimate of drug-likeness (QED) is 0.740. The summed E-state index contributed by atoms with van der Waals surface area (Å²) in [5, 5.41) is 3.61. The molecule has 0 unspecified atom stereocenters. The molecule has 2 atom stereocenters. The summed E-state index contributed by atoms with van der Waals surface area (Å²) in [6.45, 7) is 5.48. The normalized spacial score (nSPS) is 20.2. The average molecular weight is 442 g/mol. The molecule has 2 fully saturated rings. The summed E-state index contributed by atoms with van der Waals surface area (Å²) in [5.41, 5.74) is 1.86. The minimum absolute atomic E-state index is 0.0259. The van der Waals surface area contributed by atoms with Crippen molar-refractivity contribution in [1.29, 1.82) is 0 Å². The first kappa shape index (κ1) is 21.6. The van der Waals surface area contributed by atoms with E-state index in [-0.39, 0.29) is 23.1 Å². The summed E-state index contributed by atoms with van der Waals surface area (Å²) in [6.07, 6.45) is 2.02. The van der Waals surface area contributed by atoms with Crippen molar-refractivity contribution < 1.29 is 14.3 Å². The topological polar surface area (TPSA) is 71.5 Å². The number of amides is 2. The van der Waals surface area contributed by atoms with Gasteiger partial charge in [-0.2, -0.15) is 0 Å². The zero-order valence-corrected chi connectivity index (χ0v) is 18.7. The van der Waals surface area contributed by atoms with Gasteiger partial charge in [0.15, 0.2) is 6.10 Å². The van der Waals surface area contributed by atoms with Crippen molar-refractivity contribution in [1.82, 2.24) is 15.2 Å². The van der Waals surface area contributed by atoms with E-state index in [1.165, 1.54) is 0 Å². The molecule has 1 aliphatic heterocycles. The van der Waals surface area contributed by atoms with Gasteiger partial charge in [-0.15, -0.1) is 0 Å². The van der Waals surface area contributed by atoms with Crippen LogP contribution in [0.5, 0.6) is 5.75 Å². The molecule has 0 radical (unpaired) electrons. The first-order valence-corrected chi connectivity index (χ1v) is 11.2. The number of aromatic nitrogens is 1. The lowest BCUT2D eigenvalue weighted by atomic mass is 9.90. The summed E-state index contributed by atoms with van der Waals surface area (Å²) in [5.74, 6) is 0.696. The van der Waals surface area contributed by atoms with Crippen molar-refractivity contribution in [3.63, 3.8) is 0 Å². The van der Waals surface area contributed by atoms with E-state index in [2.05, 4.69) is 10.3 Å². The molecule has 1 saturated carbocycles. The molecule has 1 aromatic carbocycles. The number of nitrogens with one attached hydrogen (secondary N) is 1. The van der Waals surface area contributed by atoms with E-state index in [0.717, 1.165) is 30.7 Å². The van der Waals surface area contributed by atoms with Crippen molar-refractivity contribution >= 4 is 23.4 Å². The zero-order chi connectivity index (χ0) is 22.0. The number of rotatable bonds is 6. The number of pyridine rings is 1. The molecule has 2 heterocycles. The number of ether oxygens (including phenoxy) is 1. The molecule has 1 aliphatic carbocycles. The number of benzene rings is 1. The van der Waals surface area contributed by atoms with E-state index in [1.54, 1.807) is 31.2 Å². The predicted molar refractivity (Wildman–Crippen MR) is 119 cm³/mol. The van der Waals surface area contributed by atoms with Gasteiger partial charge < -0.3 is 15.0 Å². The number of carbonyl (C=O) groups excluding carboxylic acids is 2. The Balaban J connectivity index is 1.25. The Hall–Kier alpha value is -2.60. The fourth-order valence-corrected chi connectivity index (χ4v) is 4.67. The lowest BCUT2D eigenvalue weighted by Crippen LogP contribution is -2.45. The van der Waals surface area contributed by atoms with E-state index >= 15 is 0 Å². The van der Waals surface area contributed by atoms with Crippen molar-refractivity contribution in [2.24, 2.45) is 11.3 Å². The second-order valence-corrected chi connectivity index (χ2v) is 9.09. The number of hydrogen-bond acceptors (Lipinski definition) is 4. The van der Waals surface area contributed by atoms with Crippen LogP contribution >= 0.6 is 11.6 Å². The third kappa shape index (κ3) is 5.01. The molecule has 1 N–H and O–H groups in total. The number of carbonyl (C=O) groups is 2. The third-order valence-electron chi connectivity index (χ3n) is 6.42. The van der Waals surface area contributed by atoms with E-state index in [0.29, 0.717) is 30.4 Å². The van der Waals surface area contributed by atoms with Gasteiger partial charge >= 0.3 is 0 Å². The molecule has 164 valence electrons. The highest BCUT2D eigenvalue weighted by Crippen LogP contribution is 2.59. The van der Waals surface area contributed by atoms with Crippen molar-refractivity contribution in [3.8, 4) is 5.75 Å². The van der Waals surface area contributed by atoms with Gasteiger partial charge in [0.05, 0.1) is 12.2 Å². The van der Waals surface area contributed by atoms with Gasteiger partial charge in [-0.3, -0.25) is 14.6 Å². The summed E-state index contributed by atoms with van der Waals surface area (Å²) in [4.78, 5) is 31.7. The van der Waals surface area contributed by atoms with Crippen LogP contribution in [-0.2, 0) is 16.1 Å². The third-order valence-corrected chi connectivity index (χ3v) is 6.66. The molecule has 31 heavy (non-hydrogen) atoms. The predicted octanol–water partition coefficient (Wildman–Crippen LogP) is 3.76. The minimum atomic E-state index is -0.576. The smallest absolute Gasteiger partial charge is 0.263 e. The SMILES string of the molecule is Cc1cccc(CNC(=O)[C@@H]2CC23CCN(C(=O)[C@H](C)Oc2cccc(Cl)c2)CC3)n1. The Morgan fingerprint density at radius 3 is 2.71 bits per heavy atom. The lowest BCUT2D eigenvalue weighted by molar-refractivity contribution is -0.139. The number of halogens is 1. The summed E-state index contributed by atoms with van der Waals surface area (Å²) >= 11 is 5.99. The van der Waals surface area contributed by atoms with E-state index < -0.39 is 6.10 Å². The second kappa shape index (κ2) is 8.87. The summed E-state index contributed by atoms with van der Waals surface area (Å²) in [7, 11) is 0. The van der Waals surface area contributed by atoms with Gasteiger partial charge in [-0.05, 0) is 68.9 Å². The molecular formula is C24H28ClN3O3. The second-order valence-electron chi connectivity index (χ2n) is 8.65. The highest BCUT2D eigenvalue weighted by Gasteiger charge is 2.58. The molecule has 1 saturated heterocycles. The minimum Gasteiger partial charge on any atom is -0.481 e. The monoisotopic (exact) mass is 441 g/mol. The fraction of sp³-hybridized carbons (Fsp3) is 0.458. The van der Waals surface area contributed by atoms with E-state index in [1.807, 2.05) is 30.0 Å². The van der Waals surface area contributed by atoms with Crippen LogP contribution in [0.25, 0.3) is 0 Å². The molecule has 2 aromatic rings. The Morgan fingerprint density at radius 2 is 2.00 bits per heavy atom. The molecule has 7 heteroatoms. The molecular weight excluding hydrogens is 414 g/mol. The lowest BCUT2D eigenvalue weighted by Gasteiger charge is -2.34. The molecule has 2 amide bonds. The van der Waals surface area contributed by atoms with Gasteiger partial charge in [0.1, 0.15) is 5.75 Å². The molecule has 4 rings (SSSR count). The van der Waals surface area contributed by atoms with Crippen LogP contribution in [0.2, 0.25) is 5.02 Å². The van der Waals surface area contributed by atoms with Crippen molar-refractivity contribution in [3.05, 3.63) is 58.9 Å². The standard InChI is InChI=1S/C24H28ClN3O3/c1-16-5-3-7-19(27-16)15-26-22(29)21-14-24(21)9-11-28(12-10-24)23(30)17(2)31-20-8-4-6-18(25)13-20/h3-8,13,17,21H,9-12,14-15H2,1-2H3,(H,26,29)/t17-,21-/m0/s1. The maximum absolute atomic E-state index is 12.8. The number of piperidine rings is 1. The molecule has 1 spiro atoms. The van der Waals surface area contributed by atoms with Crippen molar-refractivity contribution in [2.75, 3.05) is 13.1 Å². The average Bonchev–Trinajstić information content (AvgIpc) is 3.45. The molecule has 1 aromatic heterocycles. The van der Waals surface area contributed by atoms with Crippen LogP contribution in [0.3, 0.4) is 0 Å². The molecule has 0 bridgehead atoms. The van der Waals surface area contributed by atoms with Gasteiger partial charge in [-0.25, -0.2) is 0 Å². The first-order chi connectivity index (χ1) is 14.9. The van der Waals surface area contributed by atoms with Gasteiger partial charge in [-0.1, -0.05) is 23.7 Å². The Morgan fingerprint density at radius 1 is 1.26 bits per heavy atom. The van der Waals surface area contributed by atoms with Gasteiger partial charge in [0.25, 0.3) is 5.91 Å². The van der Waals surface area contributed by atoms with Crippen LogP contribution in [-0.4, -0.2) is 40.9 Å². The van der Waals surface area contributed by atoms with Crippen LogP contribution in [0.15, 0.2) is 42.5 Å². The van der Waals surface area contributed by atoms with Gasteiger partial charge in [0, 0.05) is 29.7 Å². The maximum Gasteiger partial charge on any atom is 0.263 e. The van der Waals surface area contributed by atoms with E-state index in [9.17, 15) is 9.59 Å². The highest BCUT2D eigenvalue weighted by atomic mass is 35.5. The van der Waals surface area contributed by atoms with Crippen LogP contribution in [0.4, 0.5) is 0 Å². The molecule has 6 nitrogen and oxygen atoms in total. The summed E-state index contributed by atoms with van der Waals surface area (Å²) < 4.78 is 5.77. The number of hydrogen-bond donors (Lipinski definition) is 1. The Labute approximate surface area is 187 Å². The van der Waals surface area contributed by atoms with Crippen LogP contribution in [0, 0.1) is 18.3 Å². The zero-order valence-electron chi connectivity index (χ0n) is 17.9. The van der Waals surface area contributed by atoms with Crippen molar-refractivity contribution in [2.45, 2.75) is 45.8 Å². The number of aryl methyl sites for hydroxylation is 1.